The van der Waals surface area contributed by atoms with E-state index in [4.69, 9.17) is 0 Å². The van der Waals surface area contributed by atoms with Crippen LogP contribution in [0.3, 0.4) is 0 Å². The SMILES string of the molecule is CCNSc1ccc(Nc2ncc(C(F)(F)F)c(N3CCCC(C)C3)n2)cc1. The molecular formula is C19H24F3N5S. The average molecular weight is 411 g/mol. The molecule has 28 heavy (non-hydrogen) atoms. The molecule has 0 aliphatic carbocycles. The maximum atomic E-state index is 13.5. The van der Waals surface area contributed by atoms with Crippen LogP contribution in [-0.4, -0.2) is 29.6 Å². The van der Waals surface area contributed by atoms with Gasteiger partial charge in [0.2, 0.25) is 5.95 Å². The molecule has 0 amide bonds. The smallest absolute Gasteiger partial charge is 0.356 e. The molecule has 1 aliphatic rings. The minimum absolute atomic E-state index is 0.0455. The summed E-state index contributed by atoms with van der Waals surface area (Å²) in [7, 11) is 0. The molecule has 1 aromatic carbocycles. The van der Waals surface area contributed by atoms with Gasteiger partial charge in [-0.3, -0.25) is 4.72 Å². The molecule has 1 atom stereocenters. The number of halogens is 3. The van der Waals surface area contributed by atoms with Gasteiger partial charge in [-0.1, -0.05) is 13.8 Å². The largest absolute Gasteiger partial charge is 0.421 e. The van der Waals surface area contributed by atoms with Crippen molar-refractivity contribution in [2.75, 3.05) is 29.9 Å². The predicted octanol–water partition coefficient (Wildman–Crippen LogP) is 5.09. The highest BCUT2D eigenvalue weighted by atomic mass is 32.2. The third-order valence-corrected chi connectivity index (χ3v) is 5.42. The lowest BCUT2D eigenvalue weighted by molar-refractivity contribution is -0.137. The molecule has 0 saturated carbocycles. The molecule has 1 aliphatic heterocycles. The molecule has 9 heteroatoms. The van der Waals surface area contributed by atoms with E-state index in [1.165, 1.54) is 11.9 Å². The van der Waals surface area contributed by atoms with Gasteiger partial charge in [0, 0.05) is 36.4 Å². The first-order valence-electron chi connectivity index (χ1n) is 9.32. The van der Waals surface area contributed by atoms with E-state index in [-0.39, 0.29) is 11.8 Å². The number of nitrogens with one attached hydrogen (secondary N) is 2. The lowest BCUT2D eigenvalue weighted by Gasteiger charge is -2.33. The van der Waals surface area contributed by atoms with Crippen LogP contribution < -0.4 is 14.9 Å². The number of rotatable bonds is 6. The molecular weight excluding hydrogens is 387 g/mol. The van der Waals surface area contributed by atoms with Crippen LogP contribution in [0.25, 0.3) is 0 Å². The Hall–Kier alpha value is -2.00. The second kappa shape index (κ2) is 9.00. The molecule has 2 N–H and O–H groups in total. The van der Waals surface area contributed by atoms with E-state index >= 15 is 0 Å². The number of anilines is 3. The Kier molecular flexibility index (Phi) is 6.66. The zero-order valence-electron chi connectivity index (χ0n) is 15.9. The molecule has 0 bridgehead atoms. The standard InChI is InChI=1S/C19H24F3N5S/c1-3-24-28-15-8-6-14(7-9-15)25-18-23-11-16(19(20,21)22)17(26-18)27-10-4-5-13(2)12-27/h6-9,11,13,24H,3-5,10,12H2,1-2H3,(H,23,25,26). The van der Waals surface area contributed by atoms with Crippen molar-refractivity contribution in [1.82, 2.24) is 14.7 Å². The Morgan fingerprint density at radius 2 is 2.00 bits per heavy atom. The van der Waals surface area contributed by atoms with E-state index in [0.717, 1.165) is 36.2 Å². The Balaban J connectivity index is 1.83. The van der Waals surface area contributed by atoms with Gasteiger partial charge in [0.25, 0.3) is 0 Å². The molecule has 1 saturated heterocycles. The van der Waals surface area contributed by atoms with Gasteiger partial charge in [-0.25, -0.2) is 4.98 Å². The van der Waals surface area contributed by atoms with E-state index in [2.05, 4.69) is 20.0 Å². The van der Waals surface area contributed by atoms with Crippen LogP contribution in [0, 0.1) is 5.92 Å². The molecule has 0 radical (unpaired) electrons. The first kappa shape index (κ1) is 20.7. The maximum absolute atomic E-state index is 13.5. The van der Waals surface area contributed by atoms with E-state index < -0.39 is 11.7 Å². The minimum Gasteiger partial charge on any atom is -0.356 e. The fourth-order valence-electron chi connectivity index (χ4n) is 3.15. The van der Waals surface area contributed by atoms with Gasteiger partial charge in [0.15, 0.2) is 0 Å². The van der Waals surface area contributed by atoms with Crippen molar-refractivity contribution < 1.29 is 13.2 Å². The van der Waals surface area contributed by atoms with Crippen LogP contribution in [0.4, 0.5) is 30.6 Å². The molecule has 3 rings (SSSR count). The van der Waals surface area contributed by atoms with Gasteiger partial charge in [-0.05, 0) is 55.0 Å². The fraction of sp³-hybridized carbons (Fsp3) is 0.474. The van der Waals surface area contributed by atoms with Crippen LogP contribution in [0.5, 0.6) is 0 Å². The normalized spacial score (nSPS) is 17.6. The van der Waals surface area contributed by atoms with Crippen LogP contribution in [0.1, 0.15) is 32.3 Å². The Morgan fingerprint density at radius 3 is 2.64 bits per heavy atom. The van der Waals surface area contributed by atoms with Gasteiger partial charge in [0.1, 0.15) is 11.4 Å². The Labute approximate surface area is 167 Å². The van der Waals surface area contributed by atoms with Crippen LogP contribution in [0.15, 0.2) is 35.4 Å². The maximum Gasteiger partial charge on any atom is 0.421 e. The first-order chi connectivity index (χ1) is 13.4. The van der Waals surface area contributed by atoms with Gasteiger partial charge in [-0.15, -0.1) is 0 Å². The Morgan fingerprint density at radius 1 is 1.25 bits per heavy atom. The third-order valence-electron chi connectivity index (χ3n) is 4.48. The summed E-state index contributed by atoms with van der Waals surface area (Å²) in [5, 5.41) is 3.01. The van der Waals surface area contributed by atoms with E-state index in [0.29, 0.717) is 19.0 Å². The van der Waals surface area contributed by atoms with E-state index in [1.54, 1.807) is 4.90 Å². The predicted molar refractivity (Wildman–Crippen MR) is 107 cm³/mol. The van der Waals surface area contributed by atoms with Crippen molar-refractivity contribution in [3.63, 3.8) is 0 Å². The quantitative estimate of drug-likeness (QED) is 0.646. The topological polar surface area (TPSA) is 53.1 Å². The third kappa shape index (κ3) is 5.29. The molecule has 1 unspecified atom stereocenters. The molecule has 5 nitrogen and oxygen atoms in total. The number of benzene rings is 1. The van der Waals surface area contributed by atoms with Gasteiger partial charge >= 0.3 is 6.18 Å². The second-order valence-corrected chi connectivity index (χ2v) is 7.84. The monoisotopic (exact) mass is 411 g/mol. The summed E-state index contributed by atoms with van der Waals surface area (Å²) in [6.45, 7) is 6.05. The van der Waals surface area contributed by atoms with Crippen molar-refractivity contribution in [2.24, 2.45) is 5.92 Å². The van der Waals surface area contributed by atoms with Crippen LogP contribution in [0.2, 0.25) is 0 Å². The summed E-state index contributed by atoms with van der Waals surface area (Å²) in [5.41, 5.74) is -0.0666. The number of aromatic nitrogens is 2. The molecule has 1 fully saturated rings. The summed E-state index contributed by atoms with van der Waals surface area (Å²) >= 11 is 1.52. The number of alkyl halides is 3. The molecule has 2 heterocycles. The zero-order valence-corrected chi connectivity index (χ0v) is 16.7. The highest BCUT2D eigenvalue weighted by Gasteiger charge is 2.37. The van der Waals surface area contributed by atoms with Crippen LogP contribution >= 0.6 is 11.9 Å². The fourth-order valence-corrected chi connectivity index (χ4v) is 3.73. The van der Waals surface area contributed by atoms with E-state index in [1.807, 2.05) is 38.1 Å². The van der Waals surface area contributed by atoms with E-state index in [9.17, 15) is 13.2 Å². The highest BCUT2D eigenvalue weighted by molar-refractivity contribution is 7.97. The van der Waals surface area contributed by atoms with Crippen molar-refractivity contribution in [3.8, 4) is 0 Å². The number of nitrogens with zero attached hydrogens (tertiary/aromatic N) is 3. The minimum atomic E-state index is -4.49. The lowest BCUT2D eigenvalue weighted by atomic mass is 10.00. The van der Waals surface area contributed by atoms with Crippen LogP contribution in [-0.2, 0) is 6.18 Å². The van der Waals surface area contributed by atoms with Crippen molar-refractivity contribution in [2.45, 2.75) is 37.8 Å². The van der Waals surface area contributed by atoms with Gasteiger partial charge < -0.3 is 10.2 Å². The second-order valence-electron chi connectivity index (χ2n) is 6.87. The zero-order chi connectivity index (χ0) is 20.1. The van der Waals surface area contributed by atoms with Crippen molar-refractivity contribution in [3.05, 3.63) is 36.0 Å². The average Bonchev–Trinajstić information content (AvgIpc) is 2.66. The molecule has 1 aromatic heterocycles. The highest BCUT2D eigenvalue weighted by Crippen LogP contribution is 2.37. The summed E-state index contributed by atoms with van der Waals surface area (Å²) in [6, 6.07) is 7.55. The molecule has 152 valence electrons. The summed E-state index contributed by atoms with van der Waals surface area (Å²) in [6.07, 6.45) is -1.74. The number of piperidine rings is 1. The summed E-state index contributed by atoms with van der Waals surface area (Å²) in [4.78, 5) is 10.9. The number of hydrogen-bond donors (Lipinski definition) is 2. The Bertz CT molecular complexity index is 782. The van der Waals surface area contributed by atoms with Gasteiger partial charge in [-0.2, -0.15) is 18.2 Å². The lowest BCUT2D eigenvalue weighted by Crippen LogP contribution is -2.36. The van der Waals surface area contributed by atoms with Crippen molar-refractivity contribution >= 4 is 29.4 Å². The summed E-state index contributed by atoms with van der Waals surface area (Å²) in [5.74, 6) is 0.451. The van der Waals surface area contributed by atoms with Gasteiger partial charge in [0.05, 0.1) is 0 Å². The molecule has 0 spiro atoms. The van der Waals surface area contributed by atoms with Crippen molar-refractivity contribution in [1.29, 1.82) is 0 Å². The summed E-state index contributed by atoms with van der Waals surface area (Å²) < 4.78 is 43.6. The first-order valence-corrected chi connectivity index (χ1v) is 10.1. The molecule has 2 aromatic rings. The number of hydrogen-bond acceptors (Lipinski definition) is 6.